The van der Waals surface area contributed by atoms with Crippen molar-refractivity contribution in [3.63, 3.8) is 0 Å². The van der Waals surface area contributed by atoms with Gasteiger partial charge in [0, 0.05) is 45.6 Å². The molecule has 1 aromatic rings. The van der Waals surface area contributed by atoms with Crippen molar-refractivity contribution in [3.05, 3.63) is 35.9 Å². The van der Waals surface area contributed by atoms with Crippen molar-refractivity contribution in [3.8, 4) is 0 Å². The highest BCUT2D eigenvalue weighted by molar-refractivity contribution is 5.81. The average Bonchev–Trinajstić information content (AvgIpc) is 3.21. The minimum Gasteiger partial charge on any atom is -0.381 e. The maximum atomic E-state index is 12.5. The van der Waals surface area contributed by atoms with E-state index >= 15 is 0 Å². The van der Waals surface area contributed by atoms with Crippen LogP contribution < -0.4 is 0 Å². The molecule has 0 radical (unpaired) electrons. The van der Waals surface area contributed by atoms with Crippen molar-refractivity contribution in [1.29, 1.82) is 0 Å². The lowest BCUT2D eigenvalue weighted by Crippen LogP contribution is -2.54. The number of rotatable bonds is 3. The summed E-state index contributed by atoms with van der Waals surface area (Å²) in [5.41, 5.74) is 1.34. The number of carbonyl (C=O) groups excluding carboxylic acids is 1. The Labute approximate surface area is 144 Å². The maximum Gasteiger partial charge on any atom is 0.223 e. The summed E-state index contributed by atoms with van der Waals surface area (Å²) in [6.45, 7) is 5.20. The number of nitrogens with zero attached hydrogens (tertiary/aromatic N) is 2. The molecule has 3 heterocycles. The number of hydrogen-bond donors (Lipinski definition) is 0. The van der Waals surface area contributed by atoms with Crippen LogP contribution in [0.1, 0.15) is 37.2 Å². The second kappa shape index (κ2) is 6.49. The molecule has 1 aromatic carbocycles. The molecule has 130 valence electrons. The summed E-state index contributed by atoms with van der Waals surface area (Å²) in [5, 5.41) is 0. The van der Waals surface area contributed by atoms with Gasteiger partial charge in [-0.2, -0.15) is 0 Å². The number of carbonyl (C=O) groups is 1. The number of piperidine rings is 1. The molecule has 0 bridgehead atoms. The summed E-state index contributed by atoms with van der Waals surface area (Å²) in [4.78, 5) is 17.1. The standard InChI is InChI=1S/C20H28N2O2/c1-21-19(23)13-18(17-5-3-2-4-6-17)20(21)8-10-22(11-9-20)14-16-7-12-24-15-16/h2-6,16,18H,7-15H2,1H3/t16-,18-/m1/s1. The first kappa shape index (κ1) is 16.1. The molecule has 3 aliphatic rings. The molecule has 4 rings (SSSR count). The summed E-state index contributed by atoms with van der Waals surface area (Å²) in [6.07, 6.45) is 4.04. The number of benzene rings is 1. The highest BCUT2D eigenvalue weighted by atomic mass is 16.5. The normalized spacial score (nSPS) is 30.4. The Bertz CT molecular complexity index is 575. The molecule has 0 aromatic heterocycles. The average molecular weight is 328 g/mol. The Balaban J connectivity index is 1.49. The Morgan fingerprint density at radius 2 is 1.96 bits per heavy atom. The van der Waals surface area contributed by atoms with E-state index in [2.05, 4.69) is 40.1 Å². The van der Waals surface area contributed by atoms with Crippen LogP contribution in [0, 0.1) is 5.92 Å². The van der Waals surface area contributed by atoms with Crippen LogP contribution in [0.3, 0.4) is 0 Å². The van der Waals surface area contributed by atoms with Gasteiger partial charge in [0.05, 0.1) is 12.1 Å². The lowest BCUT2D eigenvalue weighted by Gasteiger charge is -2.47. The molecule has 4 heteroatoms. The summed E-state index contributed by atoms with van der Waals surface area (Å²) < 4.78 is 5.52. The van der Waals surface area contributed by atoms with Crippen molar-refractivity contribution in [2.45, 2.75) is 37.1 Å². The van der Waals surface area contributed by atoms with Crippen LogP contribution in [0.15, 0.2) is 30.3 Å². The Morgan fingerprint density at radius 1 is 1.21 bits per heavy atom. The monoisotopic (exact) mass is 328 g/mol. The van der Waals surface area contributed by atoms with Gasteiger partial charge >= 0.3 is 0 Å². The highest BCUT2D eigenvalue weighted by Gasteiger charge is 2.52. The van der Waals surface area contributed by atoms with Gasteiger partial charge in [0.15, 0.2) is 0 Å². The molecular formula is C20H28N2O2. The third-order valence-electron chi connectivity index (χ3n) is 6.53. The molecule has 0 unspecified atom stereocenters. The minimum absolute atomic E-state index is 0.0150. The van der Waals surface area contributed by atoms with Gasteiger partial charge < -0.3 is 14.5 Å². The van der Waals surface area contributed by atoms with Crippen LogP contribution in [-0.4, -0.2) is 61.1 Å². The summed E-state index contributed by atoms with van der Waals surface area (Å²) >= 11 is 0. The van der Waals surface area contributed by atoms with Gasteiger partial charge in [-0.05, 0) is 30.7 Å². The number of ether oxygens (including phenoxy) is 1. The van der Waals surface area contributed by atoms with Crippen LogP contribution in [0.2, 0.25) is 0 Å². The van der Waals surface area contributed by atoms with Crippen molar-refractivity contribution < 1.29 is 9.53 Å². The van der Waals surface area contributed by atoms with Crippen LogP contribution in [0.25, 0.3) is 0 Å². The Kier molecular flexibility index (Phi) is 4.35. The molecule has 1 amide bonds. The molecule has 1 spiro atoms. The zero-order valence-electron chi connectivity index (χ0n) is 14.6. The molecule has 2 atom stereocenters. The second-order valence-corrected chi connectivity index (χ2v) is 7.75. The Morgan fingerprint density at radius 3 is 2.62 bits per heavy atom. The number of likely N-dealkylation sites (tertiary alicyclic amines) is 2. The zero-order valence-corrected chi connectivity index (χ0v) is 14.6. The first-order valence-electron chi connectivity index (χ1n) is 9.31. The van der Waals surface area contributed by atoms with Crippen LogP contribution >= 0.6 is 0 Å². The number of hydrogen-bond acceptors (Lipinski definition) is 3. The maximum absolute atomic E-state index is 12.5. The Hall–Kier alpha value is -1.39. The molecule has 3 fully saturated rings. The third-order valence-corrected chi connectivity index (χ3v) is 6.53. The predicted octanol–water partition coefficient (Wildman–Crippen LogP) is 2.50. The van der Waals surface area contributed by atoms with Gasteiger partial charge in [0.1, 0.15) is 0 Å². The summed E-state index contributed by atoms with van der Waals surface area (Å²) in [6, 6.07) is 10.6. The SMILES string of the molecule is CN1C(=O)C[C@H](c2ccccc2)C12CCN(C[C@H]1CCOC1)CC2. The topological polar surface area (TPSA) is 32.8 Å². The fraction of sp³-hybridized carbons (Fsp3) is 0.650. The van der Waals surface area contributed by atoms with Crippen molar-refractivity contribution >= 4 is 5.91 Å². The zero-order chi connectivity index (χ0) is 16.6. The molecular weight excluding hydrogens is 300 g/mol. The molecule has 3 aliphatic heterocycles. The predicted molar refractivity (Wildman–Crippen MR) is 93.9 cm³/mol. The van der Waals surface area contributed by atoms with E-state index in [0.717, 1.165) is 45.7 Å². The van der Waals surface area contributed by atoms with Crippen molar-refractivity contribution in [2.24, 2.45) is 5.92 Å². The van der Waals surface area contributed by atoms with Gasteiger partial charge in [-0.15, -0.1) is 0 Å². The third kappa shape index (κ3) is 2.76. The fourth-order valence-corrected chi connectivity index (χ4v) is 5.00. The molecule has 4 nitrogen and oxygen atoms in total. The van der Waals surface area contributed by atoms with E-state index < -0.39 is 0 Å². The van der Waals surface area contributed by atoms with Gasteiger partial charge in [-0.1, -0.05) is 30.3 Å². The first-order valence-corrected chi connectivity index (χ1v) is 9.31. The molecule has 3 saturated heterocycles. The molecule has 24 heavy (non-hydrogen) atoms. The largest absolute Gasteiger partial charge is 0.381 e. The fourth-order valence-electron chi connectivity index (χ4n) is 5.00. The van der Waals surface area contributed by atoms with Crippen LogP contribution in [0.5, 0.6) is 0 Å². The highest BCUT2D eigenvalue weighted by Crippen LogP contribution is 2.48. The van der Waals surface area contributed by atoms with Crippen LogP contribution in [0.4, 0.5) is 0 Å². The number of likely N-dealkylation sites (N-methyl/N-ethyl adjacent to an activating group) is 1. The van der Waals surface area contributed by atoms with Gasteiger partial charge in [-0.25, -0.2) is 0 Å². The van der Waals surface area contributed by atoms with E-state index in [1.165, 1.54) is 12.0 Å². The smallest absolute Gasteiger partial charge is 0.223 e. The first-order chi connectivity index (χ1) is 11.7. The molecule has 0 N–H and O–H groups in total. The van der Waals surface area contributed by atoms with Gasteiger partial charge in [0.25, 0.3) is 0 Å². The van der Waals surface area contributed by atoms with Crippen molar-refractivity contribution in [1.82, 2.24) is 9.80 Å². The quantitative estimate of drug-likeness (QED) is 0.855. The second-order valence-electron chi connectivity index (χ2n) is 7.75. The van der Waals surface area contributed by atoms with E-state index in [4.69, 9.17) is 4.74 Å². The molecule has 0 saturated carbocycles. The van der Waals surface area contributed by atoms with E-state index in [-0.39, 0.29) is 5.54 Å². The summed E-state index contributed by atoms with van der Waals surface area (Å²) in [5.74, 6) is 1.35. The van der Waals surface area contributed by atoms with E-state index in [9.17, 15) is 4.79 Å². The lowest BCUT2D eigenvalue weighted by molar-refractivity contribution is -0.130. The van der Waals surface area contributed by atoms with Gasteiger partial charge in [-0.3, -0.25) is 4.79 Å². The lowest BCUT2D eigenvalue weighted by atomic mass is 9.73. The van der Waals surface area contributed by atoms with Crippen molar-refractivity contribution in [2.75, 3.05) is 39.9 Å². The minimum atomic E-state index is 0.0150. The summed E-state index contributed by atoms with van der Waals surface area (Å²) in [7, 11) is 2.02. The van der Waals surface area contributed by atoms with Gasteiger partial charge in [0.2, 0.25) is 5.91 Å². The number of amides is 1. The van der Waals surface area contributed by atoms with E-state index in [1.807, 2.05) is 7.05 Å². The van der Waals surface area contributed by atoms with Crippen LogP contribution in [-0.2, 0) is 9.53 Å². The van der Waals surface area contributed by atoms with E-state index in [1.54, 1.807) is 0 Å². The van der Waals surface area contributed by atoms with E-state index in [0.29, 0.717) is 24.2 Å². The molecule has 0 aliphatic carbocycles.